The number of carbonyl (C=O) groups excluding carboxylic acids is 1. The highest BCUT2D eigenvalue weighted by Gasteiger charge is 2.00. The Bertz CT molecular complexity index is 210. The van der Waals surface area contributed by atoms with E-state index in [9.17, 15) is 14.4 Å². The molecule has 16 heavy (non-hydrogen) atoms. The number of hydrogen-bond donors (Lipinski definition) is 3. The standard InChI is InChI=1S/C4H6O4.C3H6O.C2H4O2/c5-3(6)1-2-4(7)8;1-3(2)4;1-2(3)4/h1-2H2,(H,5,6)(H,7,8);1-2H3;1H3,(H,3,4). The SMILES string of the molecule is CC(=O)O.CC(C)=O.O=C(O)CCC(=O)O. The average Bonchev–Trinajstić information content (AvgIpc) is 1.98. The van der Waals surface area contributed by atoms with Gasteiger partial charge in [-0.15, -0.1) is 0 Å². The lowest BCUT2D eigenvalue weighted by atomic mass is 10.3. The number of aliphatic carboxylic acids is 3. The van der Waals surface area contributed by atoms with Crippen LogP contribution >= 0.6 is 0 Å². The Hall–Kier alpha value is -1.92. The molecular weight excluding hydrogens is 220 g/mol. The van der Waals surface area contributed by atoms with E-state index in [1.165, 1.54) is 13.8 Å². The van der Waals surface area contributed by atoms with Crippen LogP contribution in [0.25, 0.3) is 0 Å². The molecule has 0 radical (unpaired) electrons. The quantitative estimate of drug-likeness (QED) is 0.654. The average molecular weight is 236 g/mol. The van der Waals surface area contributed by atoms with Crippen LogP contribution in [0.4, 0.5) is 0 Å². The summed E-state index contributed by atoms with van der Waals surface area (Å²) >= 11 is 0. The zero-order valence-corrected chi connectivity index (χ0v) is 9.39. The summed E-state index contributed by atoms with van der Waals surface area (Å²) < 4.78 is 0. The van der Waals surface area contributed by atoms with Crippen LogP contribution in [0.5, 0.6) is 0 Å². The van der Waals surface area contributed by atoms with Crippen LogP contribution in [-0.4, -0.2) is 39.0 Å². The van der Waals surface area contributed by atoms with Crippen LogP contribution in [0.3, 0.4) is 0 Å². The van der Waals surface area contributed by atoms with Crippen LogP contribution < -0.4 is 0 Å². The third kappa shape index (κ3) is 156. The minimum Gasteiger partial charge on any atom is -0.481 e. The Morgan fingerprint density at radius 2 is 0.875 bits per heavy atom. The van der Waals surface area contributed by atoms with E-state index in [0.29, 0.717) is 0 Å². The summed E-state index contributed by atoms with van der Waals surface area (Å²) in [6, 6.07) is 0. The third-order valence-electron chi connectivity index (χ3n) is 0.553. The van der Waals surface area contributed by atoms with Gasteiger partial charge in [-0.3, -0.25) is 14.4 Å². The maximum Gasteiger partial charge on any atom is 0.303 e. The second-order valence-corrected chi connectivity index (χ2v) is 2.71. The van der Waals surface area contributed by atoms with Gasteiger partial charge in [0.05, 0.1) is 12.8 Å². The minimum atomic E-state index is -1.08. The van der Waals surface area contributed by atoms with E-state index in [1.54, 1.807) is 0 Å². The predicted molar refractivity (Wildman–Crippen MR) is 54.2 cm³/mol. The summed E-state index contributed by atoms with van der Waals surface area (Å²) in [5.41, 5.74) is 0. The van der Waals surface area contributed by atoms with Crippen LogP contribution in [0.15, 0.2) is 0 Å². The van der Waals surface area contributed by atoms with Gasteiger partial charge in [-0.05, 0) is 13.8 Å². The number of carbonyl (C=O) groups is 4. The van der Waals surface area contributed by atoms with E-state index >= 15 is 0 Å². The van der Waals surface area contributed by atoms with Gasteiger partial charge in [-0.25, -0.2) is 0 Å². The third-order valence-corrected chi connectivity index (χ3v) is 0.553. The van der Waals surface area contributed by atoms with E-state index in [-0.39, 0.29) is 18.6 Å². The van der Waals surface area contributed by atoms with Crippen molar-refractivity contribution in [1.29, 1.82) is 0 Å². The molecular formula is C9H16O7. The molecule has 0 aromatic carbocycles. The van der Waals surface area contributed by atoms with Crippen molar-refractivity contribution in [3.05, 3.63) is 0 Å². The van der Waals surface area contributed by atoms with Gasteiger partial charge in [0.15, 0.2) is 0 Å². The Balaban J connectivity index is -0.000000179. The van der Waals surface area contributed by atoms with Crippen molar-refractivity contribution in [3.63, 3.8) is 0 Å². The van der Waals surface area contributed by atoms with Gasteiger partial charge in [0.2, 0.25) is 0 Å². The molecule has 0 aliphatic carbocycles. The molecule has 0 heterocycles. The second kappa shape index (κ2) is 13.1. The maximum atomic E-state index is 9.64. The molecule has 3 N–H and O–H groups in total. The van der Waals surface area contributed by atoms with Gasteiger partial charge in [0.1, 0.15) is 5.78 Å². The van der Waals surface area contributed by atoms with Crippen LogP contribution in [0.2, 0.25) is 0 Å². The lowest BCUT2D eigenvalue weighted by Gasteiger charge is -1.85. The topological polar surface area (TPSA) is 129 Å². The Kier molecular flexibility index (Phi) is 16.0. The number of Topliss-reactive ketones (excluding diaryl/α,β-unsaturated/α-hetero) is 1. The van der Waals surface area contributed by atoms with Crippen molar-refractivity contribution in [3.8, 4) is 0 Å². The summed E-state index contributed by atoms with van der Waals surface area (Å²) in [7, 11) is 0. The molecule has 0 saturated heterocycles. The second-order valence-electron chi connectivity index (χ2n) is 2.71. The van der Waals surface area contributed by atoms with Crippen molar-refractivity contribution >= 4 is 23.7 Å². The fraction of sp³-hybridized carbons (Fsp3) is 0.556. The molecule has 0 fully saturated rings. The molecule has 0 rings (SSSR count). The van der Waals surface area contributed by atoms with E-state index < -0.39 is 17.9 Å². The molecule has 0 aromatic heterocycles. The van der Waals surface area contributed by atoms with Crippen molar-refractivity contribution in [2.75, 3.05) is 0 Å². The van der Waals surface area contributed by atoms with Crippen molar-refractivity contribution in [1.82, 2.24) is 0 Å². The molecule has 7 heteroatoms. The summed E-state index contributed by atoms with van der Waals surface area (Å²) in [5.74, 6) is -2.82. The molecule has 0 aliphatic rings. The van der Waals surface area contributed by atoms with Gasteiger partial charge < -0.3 is 20.1 Å². The van der Waals surface area contributed by atoms with Crippen molar-refractivity contribution in [2.24, 2.45) is 0 Å². The van der Waals surface area contributed by atoms with Gasteiger partial charge in [0, 0.05) is 6.92 Å². The first-order chi connectivity index (χ1) is 7.09. The Morgan fingerprint density at radius 1 is 0.750 bits per heavy atom. The highest BCUT2D eigenvalue weighted by molar-refractivity contribution is 5.75. The lowest BCUT2D eigenvalue weighted by molar-refractivity contribution is -0.143. The Morgan fingerprint density at radius 3 is 0.938 bits per heavy atom. The van der Waals surface area contributed by atoms with Gasteiger partial charge in [0.25, 0.3) is 5.97 Å². The smallest absolute Gasteiger partial charge is 0.303 e. The number of rotatable bonds is 3. The first kappa shape index (κ1) is 19.6. The molecule has 0 aromatic rings. The molecule has 7 nitrogen and oxygen atoms in total. The zero-order chi connectivity index (χ0) is 13.7. The first-order valence-electron chi connectivity index (χ1n) is 4.19. The largest absolute Gasteiger partial charge is 0.481 e. The fourth-order valence-electron chi connectivity index (χ4n) is 0.214. The highest BCUT2D eigenvalue weighted by Crippen LogP contribution is 1.86. The van der Waals surface area contributed by atoms with Crippen molar-refractivity contribution < 1.29 is 34.5 Å². The summed E-state index contributed by atoms with van der Waals surface area (Å²) in [6.45, 7) is 4.14. The number of hydrogen-bond acceptors (Lipinski definition) is 4. The van der Waals surface area contributed by atoms with Crippen LogP contribution in [0.1, 0.15) is 33.6 Å². The molecule has 94 valence electrons. The molecule has 0 bridgehead atoms. The molecule has 0 spiro atoms. The number of carboxylic acids is 3. The van der Waals surface area contributed by atoms with Crippen LogP contribution in [-0.2, 0) is 19.2 Å². The lowest BCUT2D eigenvalue weighted by Crippen LogP contribution is -2.00. The van der Waals surface area contributed by atoms with Gasteiger partial charge >= 0.3 is 11.9 Å². The number of ketones is 1. The fourth-order valence-corrected chi connectivity index (χ4v) is 0.214. The number of carboxylic acid groups (broad SMARTS) is 3. The monoisotopic (exact) mass is 236 g/mol. The predicted octanol–water partition coefficient (Wildman–Crippen LogP) is 0.622. The molecule has 0 atom stereocenters. The van der Waals surface area contributed by atoms with E-state index in [4.69, 9.17) is 20.1 Å². The van der Waals surface area contributed by atoms with E-state index in [2.05, 4.69) is 0 Å². The molecule has 0 saturated carbocycles. The first-order valence-corrected chi connectivity index (χ1v) is 4.19. The van der Waals surface area contributed by atoms with E-state index in [0.717, 1.165) is 6.92 Å². The van der Waals surface area contributed by atoms with Crippen LogP contribution in [0, 0.1) is 0 Å². The Labute approximate surface area is 92.7 Å². The summed E-state index contributed by atoms with van der Waals surface area (Å²) in [6.07, 6.45) is -0.593. The summed E-state index contributed by atoms with van der Waals surface area (Å²) in [5, 5.41) is 23.2. The highest BCUT2D eigenvalue weighted by atomic mass is 16.4. The molecule has 0 amide bonds. The van der Waals surface area contributed by atoms with Gasteiger partial charge in [-0.1, -0.05) is 0 Å². The minimum absolute atomic E-state index is 0.167. The molecule has 0 aliphatic heterocycles. The maximum absolute atomic E-state index is 9.64. The molecule has 0 unspecified atom stereocenters. The summed E-state index contributed by atoms with van der Waals surface area (Å²) in [4.78, 5) is 37.7. The van der Waals surface area contributed by atoms with E-state index in [1.807, 2.05) is 0 Å². The normalized spacial score (nSPS) is 7.44. The zero-order valence-electron chi connectivity index (χ0n) is 9.39. The van der Waals surface area contributed by atoms with Gasteiger partial charge in [-0.2, -0.15) is 0 Å². The van der Waals surface area contributed by atoms with Crippen molar-refractivity contribution in [2.45, 2.75) is 33.6 Å².